The number of carbonyl (C=O) groups excluding carboxylic acids is 3. The minimum Gasteiger partial charge on any atom is -0.396 e. The molecule has 0 saturated heterocycles. The van der Waals surface area contributed by atoms with Crippen molar-refractivity contribution in [1.29, 1.82) is 0 Å². The van der Waals surface area contributed by atoms with Crippen LogP contribution in [0.5, 0.6) is 0 Å². The van der Waals surface area contributed by atoms with E-state index in [0.29, 0.717) is 6.42 Å². The fourth-order valence-electron chi connectivity index (χ4n) is 2.21. The number of hydrogen-bond donors (Lipinski definition) is 3. The summed E-state index contributed by atoms with van der Waals surface area (Å²) in [6.45, 7) is 2.75. The molecule has 1 aromatic carbocycles. The predicted octanol–water partition coefficient (Wildman–Crippen LogP) is 1.03. The Kier molecular flexibility index (Phi) is 8.45. The monoisotopic (exact) mass is 349 g/mol. The van der Waals surface area contributed by atoms with Gasteiger partial charge in [-0.1, -0.05) is 44.2 Å². The van der Waals surface area contributed by atoms with Crippen molar-refractivity contribution in [3.05, 3.63) is 35.9 Å². The molecule has 0 heterocycles. The third-order valence-electron chi connectivity index (χ3n) is 4.07. The third kappa shape index (κ3) is 7.15. The van der Waals surface area contributed by atoms with Gasteiger partial charge in [-0.2, -0.15) is 0 Å². The zero-order valence-corrected chi connectivity index (χ0v) is 14.8. The first-order valence-electron chi connectivity index (χ1n) is 8.44. The van der Waals surface area contributed by atoms with Crippen LogP contribution in [0.4, 0.5) is 0 Å². The summed E-state index contributed by atoms with van der Waals surface area (Å²) < 4.78 is 0. The van der Waals surface area contributed by atoms with Crippen LogP contribution in [-0.4, -0.2) is 46.9 Å². The molecule has 138 valence electrons. The highest BCUT2D eigenvalue weighted by Gasteiger charge is 2.32. The predicted molar refractivity (Wildman–Crippen MR) is 93.9 cm³/mol. The van der Waals surface area contributed by atoms with E-state index in [0.717, 1.165) is 12.0 Å². The van der Waals surface area contributed by atoms with Crippen LogP contribution in [0.15, 0.2) is 30.3 Å². The molecule has 0 aromatic heterocycles. The first-order valence-corrected chi connectivity index (χ1v) is 8.44. The Morgan fingerprint density at radius 3 is 2.28 bits per heavy atom. The second kappa shape index (κ2) is 10.1. The maximum absolute atomic E-state index is 11.8. The number of carbonyl (C=O) groups is 3. The van der Waals surface area contributed by atoms with Crippen LogP contribution in [0.1, 0.15) is 38.7 Å². The number of amides is 1. The van der Waals surface area contributed by atoms with Crippen LogP contribution in [-0.2, 0) is 20.8 Å². The maximum atomic E-state index is 11.8. The van der Waals surface area contributed by atoms with E-state index in [9.17, 15) is 19.5 Å². The number of Topliss-reactive ketones (excluding diaryl/α,β-unsaturated/α-hetero) is 2. The summed E-state index contributed by atoms with van der Waals surface area (Å²) in [5.74, 6) is -1.63. The summed E-state index contributed by atoms with van der Waals surface area (Å²) in [7, 11) is 0. The molecule has 25 heavy (non-hydrogen) atoms. The smallest absolute Gasteiger partial charge is 0.249 e. The standard InChI is InChI=1S/C19H27NO5/c1-19(2,13-21)17(24)18(25)20-12-11-16(23)15(22)10-6-9-14-7-4-3-5-8-14/h3-5,7-8,17,21,24H,6,9-13H2,1-2H3,(H,20,25)/t17-/m0/s1. The van der Waals surface area contributed by atoms with Gasteiger partial charge in [-0.05, 0) is 18.4 Å². The summed E-state index contributed by atoms with van der Waals surface area (Å²) in [5.41, 5.74) is 0.150. The van der Waals surface area contributed by atoms with Gasteiger partial charge in [0.25, 0.3) is 0 Å². The molecule has 0 saturated carbocycles. The molecule has 1 amide bonds. The van der Waals surface area contributed by atoms with Gasteiger partial charge in [0, 0.05) is 24.8 Å². The first-order chi connectivity index (χ1) is 11.8. The summed E-state index contributed by atoms with van der Waals surface area (Å²) >= 11 is 0. The number of aryl methyl sites for hydroxylation is 1. The molecule has 0 unspecified atom stereocenters. The highest BCUT2D eigenvalue weighted by molar-refractivity contribution is 6.37. The molecule has 0 spiro atoms. The van der Waals surface area contributed by atoms with Crippen LogP contribution in [0, 0.1) is 5.41 Å². The SMILES string of the molecule is CC(C)(CO)[C@@H](O)C(=O)NCCC(=O)C(=O)CCCc1ccccc1. The Bertz CT molecular complexity index is 583. The summed E-state index contributed by atoms with van der Waals surface area (Å²) in [4.78, 5) is 35.4. The van der Waals surface area contributed by atoms with E-state index in [4.69, 9.17) is 5.11 Å². The topological polar surface area (TPSA) is 104 Å². The van der Waals surface area contributed by atoms with E-state index in [2.05, 4.69) is 5.32 Å². The van der Waals surface area contributed by atoms with E-state index in [1.54, 1.807) is 13.8 Å². The molecular formula is C19H27NO5. The van der Waals surface area contributed by atoms with Crippen LogP contribution in [0.3, 0.4) is 0 Å². The molecule has 0 aliphatic rings. The van der Waals surface area contributed by atoms with Crippen molar-refractivity contribution in [2.75, 3.05) is 13.2 Å². The molecule has 1 aromatic rings. The second-order valence-electron chi connectivity index (χ2n) is 6.78. The Balaban J connectivity index is 2.27. The largest absolute Gasteiger partial charge is 0.396 e. The summed E-state index contributed by atoms with van der Waals surface area (Å²) in [6, 6.07) is 9.72. The zero-order valence-electron chi connectivity index (χ0n) is 14.8. The van der Waals surface area contributed by atoms with Gasteiger partial charge in [0.05, 0.1) is 6.61 Å². The van der Waals surface area contributed by atoms with Crippen molar-refractivity contribution in [1.82, 2.24) is 5.32 Å². The molecular weight excluding hydrogens is 322 g/mol. The number of hydrogen-bond acceptors (Lipinski definition) is 5. The number of aliphatic hydroxyl groups excluding tert-OH is 2. The molecule has 1 atom stereocenters. The van der Waals surface area contributed by atoms with Crippen molar-refractivity contribution in [2.45, 2.75) is 45.6 Å². The van der Waals surface area contributed by atoms with Gasteiger partial charge in [-0.15, -0.1) is 0 Å². The average Bonchev–Trinajstić information content (AvgIpc) is 2.61. The highest BCUT2D eigenvalue weighted by Crippen LogP contribution is 2.19. The number of ketones is 2. The lowest BCUT2D eigenvalue weighted by Gasteiger charge is -2.27. The van der Waals surface area contributed by atoms with Gasteiger partial charge in [0.1, 0.15) is 6.10 Å². The van der Waals surface area contributed by atoms with Crippen LogP contribution in [0.25, 0.3) is 0 Å². The van der Waals surface area contributed by atoms with Gasteiger partial charge in [0.15, 0.2) is 11.6 Å². The van der Waals surface area contributed by atoms with E-state index in [1.807, 2.05) is 30.3 Å². The van der Waals surface area contributed by atoms with Gasteiger partial charge in [-0.3, -0.25) is 14.4 Å². The quantitative estimate of drug-likeness (QED) is 0.518. The number of benzene rings is 1. The number of nitrogens with one attached hydrogen (secondary N) is 1. The van der Waals surface area contributed by atoms with E-state index in [-0.39, 0.29) is 26.0 Å². The van der Waals surface area contributed by atoms with Gasteiger partial charge in [0.2, 0.25) is 5.91 Å². The Morgan fingerprint density at radius 2 is 1.68 bits per heavy atom. The van der Waals surface area contributed by atoms with Crippen molar-refractivity contribution in [3.8, 4) is 0 Å². The van der Waals surface area contributed by atoms with Crippen molar-refractivity contribution < 1.29 is 24.6 Å². The molecule has 6 nitrogen and oxygen atoms in total. The minimum absolute atomic E-state index is 0.0132. The molecule has 1 rings (SSSR count). The van der Waals surface area contributed by atoms with Gasteiger partial charge in [-0.25, -0.2) is 0 Å². The second-order valence-corrected chi connectivity index (χ2v) is 6.78. The lowest BCUT2D eigenvalue weighted by molar-refractivity contribution is -0.138. The van der Waals surface area contributed by atoms with E-state index < -0.39 is 29.0 Å². The zero-order chi connectivity index (χ0) is 18.9. The maximum Gasteiger partial charge on any atom is 0.249 e. The van der Waals surface area contributed by atoms with Crippen molar-refractivity contribution in [3.63, 3.8) is 0 Å². The Hall–Kier alpha value is -2.05. The molecule has 0 bridgehead atoms. The normalized spacial score (nSPS) is 12.5. The lowest BCUT2D eigenvalue weighted by atomic mass is 9.87. The Labute approximate surface area is 148 Å². The molecule has 6 heteroatoms. The van der Waals surface area contributed by atoms with Crippen LogP contribution >= 0.6 is 0 Å². The number of rotatable bonds is 11. The van der Waals surface area contributed by atoms with Crippen LogP contribution < -0.4 is 5.32 Å². The van der Waals surface area contributed by atoms with E-state index in [1.165, 1.54) is 0 Å². The average molecular weight is 349 g/mol. The highest BCUT2D eigenvalue weighted by atomic mass is 16.3. The molecule has 0 radical (unpaired) electrons. The number of aliphatic hydroxyl groups is 2. The summed E-state index contributed by atoms with van der Waals surface area (Å²) in [6.07, 6.45) is 0.0436. The molecule has 0 fully saturated rings. The first kappa shape index (κ1) is 21.0. The minimum atomic E-state index is -1.38. The lowest BCUT2D eigenvalue weighted by Crippen LogP contribution is -2.46. The van der Waals surface area contributed by atoms with Crippen LogP contribution in [0.2, 0.25) is 0 Å². The molecule has 0 aliphatic carbocycles. The van der Waals surface area contributed by atoms with Gasteiger partial charge < -0.3 is 15.5 Å². The van der Waals surface area contributed by atoms with E-state index >= 15 is 0 Å². The van der Waals surface area contributed by atoms with Crippen molar-refractivity contribution >= 4 is 17.5 Å². The molecule has 3 N–H and O–H groups in total. The summed E-state index contributed by atoms with van der Waals surface area (Å²) in [5, 5.41) is 21.4. The van der Waals surface area contributed by atoms with Crippen molar-refractivity contribution in [2.24, 2.45) is 5.41 Å². The third-order valence-corrected chi connectivity index (χ3v) is 4.07. The molecule has 0 aliphatic heterocycles. The fourth-order valence-corrected chi connectivity index (χ4v) is 2.21. The Morgan fingerprint density at radius 1 is 1.08 bits per heavy atom. The van der Waals surface area contributed by atoms with Gasteiger partial charge >= 0.3 is 0 Å². The fraction of sp³-hybridized carbons (Fsp3) is 0.526.